The minimum Gasteiger partial charge on any atom is -0.490 e. The molecule has 0 amide bonds. The lowest BCUT2D eigenvalue weighted by molar-refractivity contribution is 0.183. The summed E-state index contributed by atoms with van der Waals surface area (Å²) in [6, 6.07) is 6.53. The Balaban J connectivity index is 1.94. The summed E-state index contributed by atoms with van der Waals surface area (Å²) in [5.74, 6) is 2.57. The molecule has 1 N–H and O–H groups in total. The van der Waals surface area contributed by atoms with Gasteiger partial charge in [0.05, 0.1) is 0 Å². The Bertz CT molecular complexity index is 414. The van der Waals surface area contributed by atoms with Gasteiger partial charge in [-0.2, -0.15) is 0 Å². The van der Waals surface area contributed by atoms with Gasteiger partial charge in [0, 0.05) is 6.42 Å². The van der Waals surface area contributed by atoms with E-state index in [0.717, 1.165) is 31.1 Å². The maximum atomic E-state index is 6.09. The summed E-state index contributed by atoms with van der Waals surface area (Å²) in [5.41, 5.74) is 2.72. The van der Waals surface area contributed by atoms with Crippen LogP contribution in [0.5, 0.6) is 5.75 Å². The molecule has 0 spiro atoms. The van der Waals surface area contributed by atoms with Crippen molar-refractivity contribution in [2.24, 2.45) is 11.8 Å². The van der Waals surface area contributed by atoms with E-state index >= 15 is 0 Å². The quantitative estimate of drug-likeness (QED) is 0.845. The van der Waals surface area contributed by atoms with Gasteiger partial charge in [0.1, 0.15) is 11.9 Å². The van der Waals surface area contributed by atoms with Crippen molar-refractivity contribution < 1.29 is 4.74 Å². The molecule has 2 unspecified atom stereocenters. The first-order valence-electron chi connectivity index (χ1n) is 7.49. The molecule has 106 valence electrons. The molecule has 2 rings (SSSR count). The van der Waals surface area contributed by atoms with Gasteiger partial charge in [-0.25, -0.2) is 0 Å². The molecule has 0 saturated heterocycles. The number of benzene rings is 1. The summed E-state index contributed by atoms with van der Waals surface area (Å²) < 4.78 is 6.09. The molecule has 2 atom stereocenters. The maximum absolute atomic E-state index is 6.09. The van der Waals surface area contributed by atoms with Crippen LogP contribution in [0.25, 0.3) is 0 Å². The highest BCUT2D eigenvalue weighted by Gasteiger charge is 2.25. The zero-order valence-corrected chi connectivity index (χ0v) is 12.7. The van der Waals surface area contributed by atoms with Crippen molar-refractivity contribution >= 4 is 0 Å². The van der Waals surface area contributed by atoms with Gasteiger partial charge in [-0.15, -0.1) is 0 Å². The fourth-order valence-corrected chi connectivity index (χ4v) is 3.17. The molecular weight excluding hydrogens is 234 g/mol. The Morgan fingerprint density at radius 1 is 1.37 bits per heavy atom. The van der Waals surface area contributed by atoms with Gasteiger partial charge in [-0.1, -0.05) is 31.5 Å². The molecule has 19 heavy (non-hydrogen) atoms. The van der Waals surface area contributed by atoms with Crippen molar-refractivity contribution in [1.29, 1.82) is 0 Å². The van der Waals surface area contributed by atoms with E-state index in [1.807, 2.05) is 7.05 Å². The third-order valence-electron chi connectivity index (χ3n) is 3.85. The fraction of sp³-hybridized carbons (Fsp3) is 0.647. The van der Waals surface area contributed by atoms with Gasteiger partial charge in [0.2, 0.25) is 0 Å². The third kappa shape index (κ3) is 3.97. The molecule has 0 aliphatic carbocycles. The topological polar surface area (TPSA) is 21.3 Å². The summed E-state index contributed by atoms with van der Waals surface area (Å²) >= 11 is 0. The lowest BCUT2D eigenvalue weighted by atomic mass is 9.90. The van der Waals surface area contributed by atoms with Gasteiger partial charge < -0.3 is 10.1 Å². The number of aryl methyl sites for hydroxylation is 1. The monoisotopic (exact) mass is 261 g/mol. The van der Waals surface area contributed by atoms with E-state index in [-0.39, 0.29) is 0 Å². The SMILES string of the molecule is CNCC(CC(C)C)CC1Cc2cc(C)ccc2O1. The van der Waals surface area contributed by atoms with Crippen LogP contribution in [-0.4, -0.2) is 19.7 Å². The van der Waals surface area contributed by atoms with Crippen molar-refractivity contribution in [3.05, 3.63) is 29.3 Å². The second-order valence-electron chi connectivity index (χ2n) is 6.34. The van der Waals surface area contributed by atoms with Crippen LogP contribution in [0.15, 0.2) is 18.2 Å². The van der Waals surface area contributed by atoms with Crippen molar-refractivity contribution in [1.82, 2.24) is 5.32 Å². The molecule has 1 aromatic rings. The molecule has 2 heteroatoms. The molecule has 0 aromatic heterocycles. The van der Waals surface area contributed by atoms with E-state index in [4.69, 9.17) is 4.74 Å². The predicted molar refractivity (Wildman–Crippen MR) is 80.8 cm³/mol. The third-order valence-corrected chi connectivity index (χ3v) is 3.85. The van der Waals surface area contributed by atoms with Crippen molar-refractivity contribution in [2.75, 3.05) is 13.6 Å². The predicted octanol–water partition coefficient (Wildman–Crippen LogP) is 3.57. The van der Waals surface area contributed by atoms with Crippen LogP contribution in [-0.2, 0) is 6.42 Å². The van der Waals surface area contributed by atoms with E-state index in [2.05, 4.69) is 44.3 Å². The lowest BCUT2D eigenvalue weighted by Gasteiger charge is -2.22. The average Bonchev–Trinajstić information content (AvgIpc) is 2.69. The molecule has 1 aromatic carbocycles. The summed E-state index contributed by atoms with van der Waals surface area (Å²) in [7, 11) is 2.04. The van der Waals surface area contributed by atoms with Crippen LogP contribution in [0.3, 0.4) is 0 Å². The van der Waals surface area contributed by atoms with Gasteiger partial charge in [-0.3, -0.25) is 0 Å². The number of rotatable bonds is 6. The molecule has 0 radical (unpaired) electrons. The highest BCUT2D eigenvalue weighted by molar-refractivity contribution is 5.40. The Hall–Kier alpha value is -1.02. The van der Waals surface area contributed by atoms with Gasteiger partial charge in [0.25, 0.3) is 0 Å². The fourth-order valence-electron chi connectivity index (χ4n) is 3.17. The second-order valence-corrected chi connectivity index (χ2v) is 6.34. The van der Waals surface area contributed by atoms with Crippen LogP contribution in [0, 0.1) is 18.8 Å². The van der Waals surface area contributed by atoms with E-state index in [1.165, 1.54) is 17.5 Å². The molecule has 1 heterocycles. The highest BCUT2D eigenvalue weighted by atomic mass is 16.5. The highest BCUT2D eigenvalue weighted by Crippen LogP contribution is 2.32. The van der Waals surface area contributed by atoms with Crippen LogP contribution >= 0.6 is 0 Å². The first-order chi connectivity index (χ1) is 9.08. The van der Waals surface area contributed by atoms with Crippen molar-refractivity contribution in [3.8, 4) is 5.75 Å². The molecule has 1 aliphatic heterocycles. The molecular formula is C17H27NO. The van der Waals surface area contributed by atoms with Crippen molar-refractivity contribution in [3.63, 3.8) is 0 Å². The van der Waals surface area contributed by atoms with E-state index < -0.39 is 0 Å². The van der Waals surface area contributed by atoms with E-state index in [9.17, 15) is 0 Å². The smallest absolute Gasteiger partial charge is 0.123 e. The number of fused-ring (bicyclic) bond motifs is 1. The van der Waals surface area contributed by atoms with Gasteiger partial charge in [-0.05, 0) is 56.8 Å². The number of hydrogen-bond donors (Lipinski definition) is 1. The van der Waals surface area contributed by atoms with Gasteiger partial charge in [0.15, 0.2) is 0 Å². The van der Waals surface area contributed by atoms with E-state index in [1.54, 1.807) is 0 Å². The molecule has 0 fully saturated rings. The lowest BCUT2D eigenvalue weighted by Crippen LogP contribution is -2.26. The summed E-state index contributed by atoms with van der Waals surface area (Å²) in [5, 5.41) is 3.32. The van der Waals surface area contributed by atoms with Gasteiger partial charge >= 0.3 is 0 Å². The number of ether oxygens (including phenoxy) is 1. The largest absolute Gasteiger partial charge is 0.490 e. The summed E-state index contributed by atoms with van der Waals surface area (Å²) in [6.07, 6.45) is 3.88. The summed E-state index contributed by atoms with van der Waals surface area (Å²) in [4.78, 5) is 0. The molecule has 2 nitrogen and oxygen atoms in total. The second kappa shape index (κ2) is 6.42. The normalized spacial score (nSPS) is 19.3. The Morgan fingerprint density at radius 2 is 2.16 bits per heavy atom. The molecule has 1 aliphatic rings. The van der Waals surface area contributed by atoms with Crippen LogP contribution in [0.1, 0.15) is 37.8 Å². The first kappa shape index (κ1) is 14.4. The zero-order chi connectivity index (χ0) is 13.8. The first-order valence-corrected chi connectivity index (χ1v) is 7.49. The van der Waals surface area contributed by atoms with Crippen LogP contribution in [0.4, 0.5) is 0 Å². The molecule has 0 saturated carbocycles. The zero-order valence-electron chi connectivity index (χ0n) is 12.7. The standard InChI is InChI=1S/C17H27NO/c1-12(2)7-14(11-18-4)9-16-10-15-8-13(3)5-6-17(15)19-16/h5-6,8,12,14,16,18H,7,9-11H2,1-4H3. The minimum atomic E-state index is 0.369. The Morgan fingerprint density at radius 3 is 2.84 bits per heavy atom. The Kier molecular flexibility index (Phi) is 4.87. The Labute approximate surface area is 117 Å². The average molecular weight is 261 g/mol. The maximum Gasteiger partial charge on any atom is 0.123 e. The van der Waals surface area contributed by atoms with Crippen LogP contribution < -0.4 is 10.1 Å². The minimum absolute atomic E-state index is 0.369. The number of hydrogen-bond acceptors (Lipinski definition) is 2. The van der Waals surface area contributed by atoms with E-state index in [0.29, 0.717) is 12.0 Å². The van der Waals surface area contributed by atoms with Crippen LogP contribution in [0.2, 0.25) is 0 Å². The summed E-state index contributed by atoms with van der Waals surface area (Å²) in [6.45, 7) is 7.84. The number of nitrogens with one attached hydrogen (secondary N) is 1. The van der Waals surface area contributed by atoms with Crippen molar-refractivity contribution in [2.45, 2.75) is 46.1 Å². The molecule has 0 bridgehead atoms.